The summed E-state index contributed by atoms with van der Waals surface area (Å²) in [5, 5.41) is 0. The van der Waals surface area contributed by atoms with Crippen LogP contribution in [0.2, 0.25) is 0 Å². The van der Waals surface area contributed by atoms with Crippen molar-refractivity contribution in [3.8, 4) is 28.3 Å². The summed E-state index contributed by atoms with van der Waals surface area (Å²) in [6.45, 7) is 2.91. The highest BCUT2D eigenvalue weighted by atomic mass is 19.1. The van der Waals surface area contributed by atoms with Crippen LogP contribution in [0.1, 0.15) is 44.6 Å². The maximum atomic E-state index is 16.3. The second kappa shape index (κ2) is 11.3. The molecule has 7 rings (SSSR count). The van der Waals surface area contributed by atoms with Gasteiger partial charge < -0.3 is 21.3 Å². The van der Waals surface area contributed by atoms with Crippen LogP contribution < -0.4 is 16.4 Å². The number of pyridine rings is 2. The van der Waals surface area contributed by atoms with Gasteiger partial charge in [-0.3, -0.25) is 9.36 Å². The molecule has 45 heavy (non-hydrogen) atoms. The molecule has 230 valence electrons. The highest BCUT2D eigenvalue weighted by molar-refractivity contribution is 5.85. The summed E-state index contributed by atoms with van der Waals surface area (Å²) in [5.74, 6) is 0.697. The molecule has 0 bridgehead atoms. The number of hydrogen-bond acceptors (Lipinski definition) is 7. The number of halogens is 1. The number of imidazole rings is 1. The first kappa shape index (κ1) is 28.9. The molecule has 1 aliphatic carbocycles. The quantitative estimate of drug-likeness (QED) is 0.257. The Labute approximate surface area is 261 Å². The number of aromatic nitrogens is 4. The van der Waals surface area contributed by atoms with Crippen LogP contribution in [-0.4, -0.2) is 56.5 Å². The fourth-order valence-corrected chi connectivity index (χ4v) is 6.64. The van der Waals surface area contributed by atoms with Crippen molar-refractivity contribution in [3.63, 3.8) is 0 Å². The predicted molar refractivity (Wildman–Crippen MR) is 175 cm³/mol. The van der Waals surface area contributed by atoms with E-state index in [0.29, 0.717) is 58.4 Å². The Morgan fingerprint density at radius 3 is 2.38 bits per heavy atom. The summed E-state index contributed by atoms with van der Waals surface area (Å²) in [6, 6.07) is 21.2. The van der Waals surface area contributed by atoms with Crippen LogP contribution in [-0.2, 0) is 10.3 Å². The number of anilines is 2. The van der Waals surface area contributed by atoms with E-state index in [1.807, 2.05) is 60.1 Å². The minimum absolute atomic E-state index is 0.0503. The van der Waals surface area contributed by atoms with Crippen molar-refractivity contribution in [2.45, 2.75) is 50.6 Å². The van der Waals surface area contributed by atoms with Gasteiger partial charge in [0.1, 0.15) is 11.3 Å². The van der Waals surface area contributed by atoms with Gasteiger partial charge in [-0.1, -0.05) is 18.2 Å². The lowest BCUT2D eigenvalue weighted by atomic mass is 9.73. The van der Waals surface area contributed by atoms with Crippen LogP contribution in [0.4, 0.5) is 15.9 Å². The van der Waals surface area contributed by atoms with Crippen molar-refractivity contribution < 1.29 is 9.18 Å². The second-order valence-corrected chi connectivity index (χ2v) is 12.3. The Bertz CT molecular complexity index is 1890. The maximum Gasteiger partial charge on any atom is 0.219 e. The van der Waals surface area contributed by atoms with E-state index in [4.69, 9.17) is 21.4 Å². The molecule has 1 saturated heterocycles. The van der Waals surface area contributed by atoms with Gasteiger partial charge in [-0.05, 0) is 86.2 Å². The van der Waals surface area contributed by atoms with Crippen LogP contribution in [0.15, 0.2) is 72.9 Å². The predicted octanol–water partition coefficient (Wildman–Crippen LogP) is 5.66. The average molecular weight is 605 g/mol. The Balaban J connectivity index is 1.29. The summed E-state index contributed by atoms with van der Waals surface area (Å²) >= 11 is 0. The molecule has 0 atom stereocenters. The van der Waals surface area contributed by atoms with Gasteiger partial charge in [0.25, 0.3) is 0 Å². The molecule has 4 heterocycles. The molecule has 10 heteroatoms. The number of carbonyl (C=O) groups is 1. The number of fused-ring (bicyclic) bond motifs is 1. The third-order valence-electron chi connectivity index (χ3n) is 9.63. The molecule has 1 amide bonds. The van der Waals surface area contributed by atoms with Gasteiger partial charge in [0.2, 0.25) is 5.91 Å². The number of nitrogens with zero attached hydrogens (tertiary/aromatic N) is 6. The molecule has 5 aromatic rings. The van der Waals surface area contributed by atoms with Gasteiger partial charge in [0, 0.05) is 56.1 Å². The molecule has 1 aliphatic heterocycles. The van der Waals surface area contributed by atoms with E-state index in [9.17, 15) is 4.79 Å². The Hall–Kier alpha value is -4.83. The summed E-state index contributed by atoms with van der Waals surface area (Å²) in [5.41, 5.74) is 18.0. The molecule has 2 aromatic carbocycles. The first-order chi connectivity index (χ1) is 21.7. The molecular formula is C35H37FN8O. The second-order valence-electron chi connectivity index (χ2n) is 12.3. The third-order valence-corrected chi connectivity index (χ3v) is 9.63. The molecule has 4 N–H and O–H groups in total. The first-order valence-electron chi connectivity index (χ1n) is 15.5. The number of carbonyl (C=O) groups excluding carboxylic acids is 1. The fraction of sp³-hybridized carbons (Fsp3) is 0.314. The number of nitrogens with two attached hydrogens (primary N) is 2. The largest absolute Gasteiger partial charge is 0.383 e. The lowest BCUT2D eigenvalue weighted by Gasteiger charge is -2.38. The summed E-state index contributed by atoms with van der Waals surface area (Å²) in [4.78, 5) is 29.9. The van der Waals surface area contributed by atoms with E-state index < -0.39 is 0 Å². The van der Waals surface area contributed by atoms with Crippen LogP contribution >= 0.6 is 0 Å². The smallest absolute Gasteiger partial charge is 0.219 e. The van der Waals surface area contributed by atoms with Crippen LogP contribution in [0.25, 0.3) is 39.5 Å². The van der Waals surface area contributed by atoms with Gasteiger partial charge in [0.15, 0.2) is 17.3 Å². The molecule has 0 spiro atoms. The van der Waals surface area contributed by atoms with Crippen LogP contribution in [0.3, 0.4) is 0 Å². The van der Waals surface area contributed by atoms with E-state index in [1.54, 1.807) is 24.1 Å². The normalized spacial score (nSPS) is 16.5. The number of amides is 1. The molecule has 2 aliphatic rings. The fourth-order valence-electron chi connectivity index (χ4n) is 6.64. The zero-order valence-electron chi connectivity index (χ0n) is 25.6. The highest BCUT2D eigenvalue weighted by Gasteiger charge is 2.34. The van der Waals surface area contributed by atoms with Crippen LogP contribution in [0, 0.1) is 5.82 Å². The van der Waals surface area contributed by atoms with Crippen molar-refractivity contribution in [1.82, 2.24) is 24.4 Å². The van der Waals surface area contributed by atoms with Crippen molar-refractivity contribution >= 4 is 28.6 Å². The number of nitrogen functional groups attached to an aromatic ring is 1. The van der Waals surface area contributed by atoms with Crippen molar-refractivity contribution in [3.05, 3.63) is 84.3 Å². The highest BCUT2D eigenvalue weighted by Crippen LogP contribution is 2.40. The third kappa shape index (κ3) is 5.08. The molecule has 0 unspecified atom stereocenters. The SMILES string of the molecule is CC(=O)N(C)C1CCN(c2cccc(-c3ccc4nc(-c5cccnc5N)n(-c5ccc(C6(N)CCC6)cc5)c4n3)c2F)CC1. The molecule has 9 nitrogen and oxygen atoms in total. The van der Waals surface area contributed by atoms with Gasteiger partial charge in [0.05, 0.1) is 16.9 Å². The Morgan fingerprint density at radius 1 is 0.978 bits per heavy atom. The minimum Gasteiger partial charge on any atom is -0.383 e. The molecule has 1 saturated carbocycles. The Kier molecular flexibility index (Phi) is 7.24. The average Bonchev–Trinajstić information content (AvgIpc) is 3.42. The van der Waals surface area contributed by atoms with Gasteiger partial charge >= 0.3 is 0 Å². The van der Waals surface area contributed by atoms with Crippen LogP contribution in [0.5, 0.6) is 0 Å². The van der Waals surface area contributed by atoms with Gasteiger partial charge in [-0.25, -0.2) is 19.3 Å². The van der Waals surface area contributed by atoms with E-state index in [-0.39, 0.29) is 23.3 Å². The lowest BCUT2D eigenvalue weighted by Crippen LogP contribution is -2.45. The van der Waals surface area contributed by atoms with E-state index in [1.165, 1.54) is 0 Å². The first-order valence-corrected chi connectivity index (χ1v) is 15.5. The number of piperidine rings is 1. The molecular weight excluding hydrogens is 567 g/mol. The number of benzene rings is 2. The van der Waals surface area contributed by atoms with E-state index in [2.05, 4.69) is 22.0 Å². The van der Waals surface area contributed by atoms with Crippen molar-refractivity contribution in [2.75, 3.05) is 30.8 Å². The van der Waals surface area contributed by atoms with Gasteiger partial charge in [-0.2, -0.15) is 0 Å². The number of rotatable bonds is 6. The zero-order chi connectivity index (χ0) is 31.3. The zero-order valence-corrected chi connectivity index (χ0v) is 25.6. The number of hydrogen-bond donors (Lipinski definition) is 2. The summed E-state index contributed by atoms with van der Waals surface area (Å²) in [6.07, 6.45) is 6.30. The van der Waals surface area contributed by atoms with Crippen molar-refractivity contribution in [1.29, 1.82) is 0 Å². The maximum absolute atomic E-state index is 16.3. The Morgan fingerprint density at radius 2 is 1.71 bits per heavy atom. The standard InChI is InChI=1S/C35H37FN8O/c1-22(45)42(2)24-15-20-43(21-16-24)30-8-3-6-26(31(30)36)28-13-14-29-34(40-28)44(33(41-29)27-7-4-19-39-32(27)37)25-11-9-23(10-12-25)35(38)17-5-18-35/h3-4,6-14,19,24H,5,15-18,20-21,38H2,1-2H3,(H2,37,39). The lowest BCUT2D eigenvalue weighted by molar-refractivity contribution is -0.129. The summed E-state index contributed by atoms with van der Waals surface area (Å²) < 4.78 is 18.2. The van der Waals surface area contributed by atoms with E-state index >= 15 is 4.39 Å². The minimum atomic E-state index is -0.316. The topological polar surface area (TPSA) is 119 Å². The molecule has 0 radical (unpaired) electrons. The molecule has 2 fully saturated rings. The van der Waals surface area contributed by atoms with E-state index in [0.717, 1.165) is 43.4 Å². The van der Waals surface area contributed by atoms with Crippen molar-refractivity contribution in [2.24, 2.45) is 5.73 Å². The monoisotopic (exact) mass is 604 g/mol. The van der Waals surface area contributed by atoms with Gasteiger partial charge in [-0.15, -0.1) is 0 Å². The summed E-state index contributed by atoms with van der Waals surface area (Å²) in [7, 11) is 1.84. The molecule has 3 aromatic heterocycles.